The van der Waals surface area contributed by atoms with E-state index in [9.17, 15) is 12.9 Å². The van der Waals surface area contributed by atoms with E-state index in [0.29, 0.717) is 5.52 Å². The monoisotopic (exact) mass is 226 g/mol. The second kappa shape index (κ2) is 4.04. The van der Waals surface area contributed by atoms with Gasteiger partial charge in [-0.1, -0.05) is 6.07 Å². The number of ether oxygens (including phenoxy) is 1. The summed E-state index contributed by atoms with van der Waals surface area (Å²) < 4.78 is 40.6. The van der Waals surface area contributed by atoms with Gasteiger partial charge in [0.1, 0.15) is 5.75 Å². The number of fused-ring (bicyclic) bond motifs is 1. The van der Waals surface area contributed by atoms with Gasteiger partial charge in [-0.15, -0.1) is 0 Å². The second-order valence-corrected chi connectivity index (χ2v) is 3.38. The first kappa shape index (κ1) is 10.8. The number of pyridine rings is 1. The van der Waals surface area contributed by atoms with Gasteiger partial charge in [0.2, 0.25) is 0 Å². The Balaban J connectivity index is 2.20. The first-order chi connectivity index (χ1) is 7.54. The Hall–Kier alpha value is -1.72. The lowest BCUT2D eigenvalue weighted by Gasteiger charge is -2.15. The summed E-state index contributed by atoms with van der Waals surface area (Å²) in [7, 11) is 0. The Morgan fingerprint density at radius 3 is 2.75 bits per heavy atom. The minimum Gasteiger partial charge on any atom is -0.522 e. The number of nitrogens with zero attached hydrogens (tertiary/aromatic N) is 1. The molecule has 1 heterocycles. The average molecular weight is 226 g/mol. The topological polar surface area (TPSA) is 22.1 Å². The van der Waals surface area contributed by atoms with Crippen LogP contribution < -0.4 is 4.74 Å². The standard InChI is InChI=1S/C10H8BF3NO/c12-11(13,14)7-16-9-4-3-8-2-1-5-15-10(8)6-9/h1-6H,7H2/q-1. The summed E-state index contributed by atoms with van der Waals surface area (Å²) in [6.07, 6.45) is 1.58. The van der Waals surface area contributed by atoms with Crippen LogP contribution in [0.25, 0.3) is 10.9 Å². The van der Waals surface area contributed by atoms with Gasteiger partial charge in [-0.3, -0.25) is 4.98 Å². The van der Waals surface area contributed by atoms with Crippen LogP contribution in [0.1, 0.15) is 0 Å². The van der Waals surface area contributed by atoms with Gasteiger partial charge in [0.05, 0.1) is 12.0 Å². The van der Waals surface area contributed by atoms with Crippen molar-refractivity contribution >= 4 is 17.9 Å². The van der Waals surface area contributed by atoms with Gasteiger partial charge >= 0.3 is 6.98 Å². The molecule has 1 aromatic heterocycles. The molecule has 0 fully saturated rings. The predicted octanol–water partition coefficient (Wildman–Crippen LogP) is 3.00. The highest BCUT2D eigenvalue weighted by Crippen LogP contribution is 2.20. The lowest BCUT2D eigenvalue weighted by atomic mass is 9.95. The minimum atomic E-state index is -4.92. The quantitative estimate of drug-likeness (QED) is 0.750. The Labute approximate surface area is 90.1 Å². The van der Waals surface area contributed by atoms with E-state index in [1.165, 1.54) is 12.1 Å². The van der Waals surface area contributed by atoms with Crippen molar-refractivity contribution in [2.45, 2.75) is 0 Å². The highest BCUT2D eigenvalue weighted by Gasteiger charge is 2.24. The number of halogens is 3. The molecule has 2 aromatic rings. The largest absolute Gasteiger partial charge is 0.522 e. The third kappa shape index (κ3) is 2.65. The van der Waals surface area contributed by atoms with E-state index in [1.807, 2.05) is 6.07 Å². The van der Waals surface area contributed by atoms with E-state index in [0.717, 1.165) is 5.39 Å². The van der Waals surface area contributed by atoms with Crippen LogP contribution in [-0.2, 0) is 0 Å². The molecular formula is C10H8BF3NO-. The maximum absolute atomic E-state index is 12.0. The summed E-state index contributed by atoms with van der Waals surface area (Å²) in [6.45, 7) is -6.14. The highest BCUT2D eigenvalue weighted by atomic mass is 19.4. The zero-order valence-electron chi connectivity index (χ0n) is 8.24. The van der Waals surface area contributed by atoms with Gasteiger partial charge < -0.3 is 17.7 Å². The zero-order chi connectivity index (χ0) is 11.6. The van der Waals surface area contributed by atoms with Crippen LogP contribution in [0.4, 0.5) is 12.9 Å². The highest BCUT2D eigenvalue weighted by molar-refractivity contribution is 6.58. The van der Waals surface area contributed by atoms with Gasteiger partial charge in [-0.2, -0.15) is 0 Å². The molecule has 0 saturated heterocycles. The molecule has 16 heavy (non-hydrogen) atoms. The van der Waals surface area contributed by atoms with Crippen molar-refractivity contribution in [3.05, 3.63) is 36.5 Å². The predicted molar refractivity (Wildman–Crippen MR) is 56.3 cm³/mol. The fourth-order valence-corrected chi connectivity index (χ4v) is 1.33. The summed E-state index contributed by atoms with van der Waals surface area (Å²) in [5.41, 5.74) is 0.620. The molecular weight excluding hydrogens is 218 g/mol. The molecule has 0 N–H and O–H groups in total. The molecule has 84 valence electrons. The zero-order valence-corrected chi connectivity index (χ0v) is 8.24. The van der Waals surface area contributed by atoms with Crippen LogP contribution in [0.15, 0.2) is 36.5 Å². The molecule has 1 aromatic carbocycles. The summed E-state index contributed by atoms with van der Waals surface area (Å²) >= 11 is 0. The van der Waals surface area contributed by atoms with E-state index >= 15 is 0 Å². The molecule has 0 spiro atoms. The van der Waals surface area contributed by atoms with E-state index in [-0.39, 0.29) is 5.75 Å². The van der Waals surface area contributed by atoms with E-state index in [1.54, 1.807) is 18.3 Å². The van der Waals surface area contributed by atoms with Crippen LogP contribution >= 0.6 is 0 Å². The molecule has 2 nitrogen and oxygen atoms in total. The van der Waals surface area contributed by atoms with Crippen LogP contribution in [0, 0.1) is 0 Å². The summed E-state index contributed by atoms with van der Waals surface area (Å²) in [5, 5.41) is 0.868. The SMILES string of the molecule is F[B-](F)(F)COc1ccc2cccnc2c1. The van der Waals surface area contributed by atoms with Crippen molar-refractivity contribution in [2.75, 3.05) is 6.51 Å². The number of benzene rings is 1. The van der Waals surface area contributed by atoms with Crippen molar-refractivity contribution in [3.63, 3.8) is 0 Å². The Kier molecular flexibility index (Phi) is 2.72. The molecule has 0 unspecified atom stereocenters. The number of aromatic nitrogens is 1. The molecule has 0 aliphatic heterocycles. The Morgan fingerprint density at radius 2 is 2.00 bits per heavy atom. The normalized spacial score (nSPS) is 11.7. The third-order valence-electron chi connectivity index (χ3n) is 2.02. The van der Waals surface area contributed by atoms with Crippen LogP contribution in [0.5, 0.6) is 5.75 Å². The van der Waals surface area contributed by atoms with Crippen molar-refractivity contribution in [2.24, 2.45) is 0 Å². The van der Waals surface area contributed by atoms with Gasteiger partial charge in [0.25, 0.3) is 0 Å². The van der Waals surface area contributed by atoms with Crippen molar-refractivity contribution in [1.29, 1.82) is 0 Å². The molecule has 0 atom stereocenters. The van der Waals surface area contributed by atoms with Crippen molar-refractivity contribution in [1.82, 2.24) is 4.98 Å². The van der Waals surface area contributed by atoms with Gasteiger partial charge in [0, 0.05) is 17.6 Å². The summed E-state index contributed by atoms with van der Waals surface area (Å²) in [5.74, 6) is 0.186. The smallest absolute Gasteiger partial charge is 0.515 e. The fourth-order valence-electron chi connectivity index (χ4n) is 1.33. The van der Waals surface area contributed by atoms with Gasteiger partial charge in [0.15, 0.2) is 0 Å². The van der Waals surface area contributed by atoms with Crippen molar-refractivity contribution < 1.29 is 17.7 Å². The second-order valence-electron chi connectivity index (χ2n) is 3.38. The third-order valence-corrected chi connectivity index (χ3v) is 2.02. The first-order valence-corrected chi connectivity index (χ1v) is 4.73. The maximum Gasteiger partial charge on any atom is 0.515 e. The molecule has 0 amide bonds. The number of rotatable bonds is 3. The van der Waals surface area contributed by atoms with Crippen molar-refractivity contribution in [3.8, 4) is 5.75 Å². The van der Waals surface area contributed by atoms with Gasteiger partial charge in [-0.25, -0.2) is 0 Å². The van der Waals surface area contributed by atoms with Crippen LogP contribution in [-0.4, -0.2) is 18.5 Å². The summed E-state index contributed by atoms with van der Waals surface area (Å²) in [4.78, 5) is 4.03. The summed E-state index contributed by atoms with van der Waals surface area (Å²) in [6, 6.07) is 8.28. The number of hydrogen-bond acceptors (Lipinski definition) is 2. The van der Waals surface area contributed by atoms with E-state index in [4.69, 9.17) is 0 Å². The fraction of sp³-hybridized carbons (Fsp3) is 0.100. The molecule has 0 radical (unpaired) electrons. The van der Waals surface area contributed by atoms with E-state index < -0.39 is 13.5 Å². The molecule has 2 rings (SSSR count). The molecule has 0 aliphatic carbocycles. The first-order valence-electron chi connectivity index (χ1n) is 4.73. The minimum absolute atomic E-state index is 0.186. The van der Waals surface area contributed by atoms with Crippen LogP contribution in [0.3, 0.4) is 0 Å². The Bertz CT molecular complexity index is 501. The maximum atomic E-state index is 12.0. The lowest BCUT2D eigenvalue weighted by Crippen LogP contribution is -2.26. The molecule has 0 bridgehead atoms. The number of hydrogen-bond donors (Lipinski definition) is 0. The molecule has 0 aliphatic rings. The lowest BCUT2D eigenvalue weighted by molar-refractivity contribution is 0.313. The van der Waals surface area contributed by atoms with Crippen LogP contribution in [0.2, 0.25) is 0 Å². The van der Waals surface area contributed by atoms with Gasteiger partial charge in [-0.05, 0) is 18.2 Å². The molecule has 0 saturated carbocycles. The molecule has 6 heteroatoms. The Morgan fingerprint density at radius 1 is 1.19 bits per heavy atom. The average Bonchev–Trinajstić information content (AvgIpc) is 2.25. The van der Waals surface area contributed by atoms with E-state index in [2.05, 4.69) is 9.72 Å².